The first-order valence-electron chi connectivity index (χ1n) is 12.1. The lowest BCUT2D eigenvalue weighted by molar-refractivity contribution is 0.269. The van der Waals surface area contributed by atoms with Crippen LogP contribution in [-0.2, 0) is 6.42 Å². The number of nitrogens with zero attached hydrogens (tertiary/aromatic N) is 2. The lowest BCUT2D eigenvalue weighted by Crippen LogP contribution is -2.33. The van der Waals surface area contributed by atoms with Gasteiger partial charge in [0, 0.05) is 18.3 Å². The molecule has 2 aromatic carbocycles. The molecule has 2 aromatic rings. The van der Waals surface area contributed by atoms with E-state index in [0.29, 0.717) is 21.8 Å². The van der Waals surface area contributed by atoms with Crippen LogP contribution in [0.5, 0.6) is 0 Å². The Morgan fingerprint density at radius 1 is 1.00 bits per heavy atom. The van der Waals surface area contributed by atoms with Crippen molar-refractivity contribution in [3.8, 4) is 11.1 Å². The van der Waals surface area contributed by atoms with Crippen LogP contribution in [-0.4, -0.2) is 37.5 Å². The van der Waals surface area contributed by atoms with Gasteiger partial charge in [0.25, 0.3) is 0 Å². The maximum Gasteiger partial charge on any atom is 0.193 e. The largest absolute Gasteiger partial charge is 0.370 e. The van der Waals surface area contributed by atoms with E-state index < -0.39 is 0 Å². The molecule has 0 bridgehead atoms. The Balaban J connectivity index is 2.01. The average Bonchev–Trinajstić information content (AvgIpc) is 2.82. The molecule has 0 fully saturated rings. The summed E-state index contributed by atoms with van der Waals surface area (Å²) in [5.74, 6) is 1.01. The van der Waals surface area contributed by atoms with Crippen molar-refractivity contribution in [2.45, 2.75) is 52.9 Å². The number of aliphatic imine (C=N–C) groups is 1. The highest BCUT2D eigenvalue weighted by Gasteiger charge is 2.12. The second-order valence-corrected chi connectivity index (χ2v) is 9.19. The van der Waals surface area contributed by atoms with E-state index in [-0.39, 0.29) is 0 Å². The van der Waals surface area contributed by atoms with Crippen LogP contribution in [0.15, 0.2) is 53.3 Å². The molecule has 0 aliphatic carbocycles. The molecule has 0 saturated carbocycles. The number of unbranched alkanes of at least 4 members (excludes halogenated alkanes) is 1. The van der Waals surface area contributed by atoms with Gasteiger partial charge in [-0.15, -0.1) is 0 Å². The topological polar surface area (TPSA) is 65.7 Å². The molecule has 0 heterocycles. The molecule has 0 saturated heterocycles. The molecular weight excluding hydrogens is 465 g/mol. The van der Waals surface area contributed by atoms with Crippen molar-refractivity contribution >= 4 is 34.8 Å². The van der Waals surface area contributed by atoms with E-state index in [1.165, 1.54) is 50.9 Å². The molecule has 4 N–H and O–H groups in total. The summed E-state index contributed by atoms with van der Waals surface area (Å²) in [4.78, 5) is 6.48. The summed E-state index contributed by atoms with van der Waals surface area (Å²) in [6, 6.07) is 12.3. The molecule has 186 valence electrons. The zero-order valence-electron chi connectivity index (χ0n) is 20.9. The molecule has 34 heavy (non-hydrogen) atoms. The van der Waals surface area contributed by atoms with Crippen molar-refractivity contribution < 1.29 is 0 Å². The third kappa shape index (κ3) is 8.86. The Morgan fingerprint density at radius 3 is 2.15 bits per heavy atom. The fraction of sp³-hybridized carbons (Fsp3) is 0.444. The van der Waals surface area contributed by atoms with Crippen molar-refractivity contribution in [2.75, 3.05) is 32.0 Å². The Bertz CT molecular complexity index is 925. The molecular formula is C27H39Cl2N5. The minimum absolute atomic E-state index is 0.314. The first-order chi connectivity index (χ1) is 16.4. The van der Waals surface area contributed by atoms with E-state index in [0.717, 1.165) is 23.2 Å². The van der Waals surface area contributed by atoms with Crippen LogP contribution in [0.3, 0.4) is 0 Å². The van der Waals surface area contributed by atoms with Gasteiger partial charge < -0.3 is 21.3 Å². The molecule has 0 aliphatic heterocycles. The molecule has 0 spiro atoms. The molecule has 0 radical (unpaired) electrons. The van der Waals surface area contributed by atoms with Gasteiger partial charge in [0.15, 0.2) is 5.96 Å². The summed E-state index contributed by atoms with van der Waals surface area (Å²) in [6.45, 7) is 9.99. The van der Waals surface area contributed by atoms with Gasteiger partial charge in [0.1, 0.15) is 5.82 Å². The van der Waals surface area contributed by atoms with Crippen molar-refractivity contribution in [3.05, 3.63) is 63.9 Å². The Kier molecular flexibility index (Phi) is 12.3. The highest BCUT2D eigenvalue weighted by molar-refractivity contribution is 6.39. The summed E-state index contributed by atoms with van der Waals surface area (Å²) in [5, 5.41) is 7.39. The maximum absolute atomic E-state index is 6.63. The van der Waals surface area contributed by atoms with E-state index in [1.807, 2.05) is 25.1 Å². The first kappa shape index (κ1) is 28.0. The van der Waals surface area contributed by atoms with Crippen molar-refractivity contribution in [2.24, 2.45) is 10.7 Å². The predicted molar refractivity (Wildman–Crippen MR) is 150 cm³/mol. The standard InChI is InChI=1S/C27H39Cl2N5/c1-5-15-34(16-6-2)17-9-8-10-20-11-13-21(14-12-20)26-23(28)18-22(19-24(26)29)32-25(7-3)33-27(30)31-4/h7,11-14,18-19,32H,5-6,8-10,15-17H2,1-4H3,(H3,30,31,33)/b25-7+. The van der Waals surface area contributed by atoms with Gasteiger partial charge in [-0.3, -0.25) is 4.99 Å². The Hall–Kier alpha value is -2.21. The number of nitrogens with one attached hydrogen (secondary N) is 2. The van der Waals surface area contributed by atoms with Crippen LogP contribution in [0, 0.1) is 0 Å². The zero-order valence-corrected chi connectivity index (χ0v) is 22.4. The summed E-state index contributed by atoms with van der Waals surface area (Å²) < 4.78 is 0. The smallest absolute Gasteiger partial charge is 0.193 e. The summed E-state index contributed by atoms with van der Waals surface area (Å²) in [7, 11) is 1.62. The number of allylic oxidation sites excluding steroid dienone is 1. The van der Waals surface area contributed by atoms with Gasteiger partial charge in [-0.05, 0) is 88.0 Å². The van der Waals surface area contributed by atoms with E-state index >= 15 is 0 Å². The molecule has 5 nitrogen and oxygen atoms in total. The third-order valence-electron chi connectivity index (χ3n) is 5.63. The van der Waals surface area contributed by atoms with Crippen LogP contribution in [0.4, 0.5) is 5.69 Å². The number of guanidine groups is 1. The second kappa shape index (κ2) is 14.9. The fourth-order valence-corrected chi connectivity index (χ4v) is 4.62. The minimum atomic E-state index is 0.314. The first-order valence-corrected chi connectivity index (χ1v) is 12.9. The van der Waals surface area contributed by atoms with E-state index in [2.05, 4.69) is 58.6 Å². The second-order valence-electron chi connectivity index (χ2n) is 8.37. The third-order valence-corrected chi connectivity index (χ3v) is 6.22. The zero-order chi connectivity index (χ0) is 24.9. The molecule has 0 atom stereocenters. The van der Waals surface area contributed by atoms with E-state index in [4.69, 9.17) is 28.9 Å². The van der Waals surface area contributed by atoms with Gasteiger partial charge >= 0.3 is 0 Å². The van der Waals surface area contributed by atoms with Crippen molar-refractivity contribution in [3.63, 3.8) is 0 Å². The molecule has 0 aromatic heterocycles. The van der Waals surface area contributed by atoms with E-state index in [1.54, 1.807) is 7.05 Å². The number of halogens is 2. The van der Waals surface area contributed by atoms with Gasteiger partial charge in [-0.1, -0.05) is 61.3 Å². The SMILES string of the molecule is C/C=C(/NC(N)=NC)Nc1cc(Cl)c(-c2ccc(CCCCN(CCC)CCC)cc2)c(Cl)c1. The molecule has 0 unspecified atom stereocenters. The van der Waals surface area contributed by atoms with Crippen LogP contribution in [0.2, 0.25) is 10.0 Å². The number of rotatable bonds is 13. The van der Waals surface area contributed by atoms with Crippen LogP contribution in [0.1, 0.15) is 52.0 Å². The van der Waals surface area contributed by atoms with Crippen LogP contribution >= 0.6 is 23.2 Å². The number of nitrogens with two attached hydrogens (primary N) is 1. The summed E-state index contributed by atoms with van der Waals surface area (Å²) in [5.41, 5.74) is 9.70. The van der Waals surface area contributed by atoms with E-state index in [9.17, 15) is 0 Å². The number of benzene rings is 2. The predicted octanol–water partition coefficient (Wildman–Crippen LogP) is 6.91. The highest BCUT2D eigenvalue weighted by atomic mass is 35.5. The maximum atomic E-state index is 6.63. The molecule has 0 aliphatic rings. The van der Waals surface area contributed by atoms with Gasteiger partial charge in [0.05, 0.1) is 10.0 Å². The van der Waals surface area contributed by atoms with Crippen LogP contribution in [0.25, 0.3) is 11.1 Å². The number of hydrogen-bond donors (Lipinski definition) is 3. The Morgan fingerprint density at radius 2 is 1.62 bits per heavy atom. The van der Waals surface area contributed by atoms with Gasteiger partial charge in [0.2, 0.25) is 0 Å². The Labute approximate surface area is 215 Å². The average molecular weight is 505 g/mol. The minimum Gasteiger partial charge on any atom is -0.370 e. The molecule has 0 amide bonds. The van der Waals surface area contributed by atoms with Gasteiger partial charge in [-0.2, -0.15) is 0 Å². The van der Waals surface area contributed by atoms with Gasteiger partial charge in [-0.25, -0.2) is 0 Å². The lowest BCUT2D eigenvalue weighted by atomic mass is 10.0. The molecule has 7 heteroatoms. The highest BCUT2D eigenvalue weighted by Crippen LogP contribution is 2.37. The number of aryl methyl sites for hydroxylation is 1. The number of anilines is 1. The molecule has 2 rings (SSSR count). The fourth-order valence-electron chi connectivity index (χ4n) is 3.92. The monoisotopic (exact) mass is 503 g/mol. The summed E-state index contributed by atoms with van der Waals surface area (Å²) in [6.07, 6.45) is 7.81. The van der Waals surface area contributed by atoms with Crippen LogP contribution < -0.4 is 16.4 Å². The van der Waals surface area contributed by atoms with Crippen molar-refractivity contribution in [1.82, 2.24) is 10.2 Å². The lowest BCUT2D eigenvalue weighted by Gasteiger charge is -2.20. The number of hydrogen-bond acceptors (Lipinski definition) is 3. The normalized spacial score (nSPS) is 12.3. The summed E-state index contributed by atoms with van der Waals surface area (Å²) >= 11 is 13.3. The van der Waals surface area contributed by atoms with Crippen molar-refractivity contribution in [1.29, 1.82) is 0 Å². The quantitative estimate of drug-likeness (QED) is 0.158.